The number of carbonyl (C=O) groups excluding carboxylic acids is 3. The minimum absolute atomic E-state index is 0.208. The second kappa shape index (κ2) is 7.23. The number of amides is 4. The van der Waals surface area contributed by atoms with Gasteiger partial charge in [-0.25, -0.2) is 14.5 Å². The van der Waals surface area contributed by atoms with Crippen molar-refractivity contribution in [1.29, 1.82) is 0 Å². The Hall–Kier alpha value is -4.07. The van der Waals surface area contributed by atoms with Gasteiger partial charge in [-0.3, -0.25) is 4.79 Å². The van der Waals surface area contributed by atoms with Gasteiger partial charge in [-0.05, 0) is 42.1 Å². The van der Waals surface area contributed by atoms with E-state index in [1.165, 1.54) is 4.90 Å². The van der Waals surface area contributed by atoms with Crippen LogP contribution in [0.5, 0.6) is 11.5 Å². The molecule has 3 saturated heterocycles. The molecule has 3 heterocycles. The Labute approximate surface area is 189 Å². The molecule has 33 heavy (non-hydrogen) atoms. The maximum Gasteiger partial charge on any atom is 0.415 e. The molecule has 3 aliphatic rings. The molecular formula is C25H21N3O5. The Morgan fingerprint density at radius 2 is 1.67 bits per heavy atom. The van der Waals surface area contributed by atoms with Crippen LogP contribution in [0.2, 0.25) is 0 Å². The molecule has 0 N–H and O–H groups in total. The first kappa shape index (κ1) is 19.6. The molecule has 166 valence electrons. The van der Waals surface area contributed by atoms with E-state index in [1.807, 2.05) is 36.4 Å². The summed E-state index contributed by atoms with van der Waals surface area (Å²) in [4.78, 5) is 44.2. The van der Waals surface area contributed by atoms with Crippen molar-refractivity contribution in [2.45, 2.75) is 24.5 Å². The fourth-order valence-electron chi connectivity index (χ4n) is 5.30. The Bertz CT molecular complexity index is 1290. The van der Waals surface area contributed by atoms with Crippen LogP contribution in [0.4, 0.5) is 15.3 Å². The number of rotatable bonds is 3. The van der Waals surface area contributed by atoms with E-state index in [-0.39, 0.29) is 18.0 Å². The third-order valence-electron chi connectivity index (χ3n) is 6.77. The molecule has 0 radical (unpaired) electrons. The quantitative estimate of drug-likeness (QED) is 0.578. The first-order valence-electron chi connectivity index (χ1n) is 10.8. The first-order chi connectivity index (χ1) is 16.1. The van der Waals surface area contributed by atoms with Gasteiger partial charge in [0.15, 0.2) is 0 Å². The van der Waals surface area contributed by atoms with Crippen molar-refractivity contribution in [1.82, 2.24) is 9.80 Å². The van der Waals surface area contributed by atoms with E-state index in [1.54, 1.807) is 47.2 Å². The zero-order chi connectivity index (χ0) is 22.7. The van der Waals surface area contributed by atoms with Gasteiger partial charge in [0.05, 0.1) is 24.9 Å². The number of nitrogens with zero attached hydrogens (tertiary/aromatic N) is 3. The van der Waals surface area contributed by atoms with Gasteiger partial charge in [-0.2, -0.15) is 0 Å². The lowest BCUT2D eigenvalue weighted by Gasteiger charge is -2.34. The van der Waals surface area contributed by atoms with E-state index in [0.29, 0.717) is 30.2 Å². The predicted molar refractivity (Wildman–Crippen MR) is 120 cm³/mol. The van der Waals surface area contributed by atoms with Crippen molar-refractivity contribution in [3.05, 3.63) is 66.7 Å². The van der Waals surface area contributed by atoms with Crippen molar-refractivity contribution in [2.75, 3.05) is 18.6 Å². The van der Waals surface area contributed by atoms with Crippen LogP contribution in [0.1, 0.15) is 6.42 Å². The molecule has 3 atom stereocenters. The van der Waals surface area contributed by atoms with E-state index < -0.39 is 18.2 Å². The molecule has 3 aromatic rings. The molecule has 0 aliphatic carbocycles. The van der Waals surface area contributed by atoms with Crippen LogP contribution >= 0.6 is 0 Å². The third kappa shape index (κ3) is 2.87. The van der Waals surface area contributed by atoms with Crippen molar-refractivity contribution < 1.29 is 23.9 Å². The lowest BCUT2D eigenvalue weighted by Crippen LogP contribution is -2.55. The van der Waals surface area contributed by atoms with Crippen molar-refractivity contribution >= 4 is 34.5 Å². The summed E-state index contributed by atoms with van der Waals surface area (Å²) in [5, 5.41) is 1.79. The van der Waals surface area contributed by atoms with Crippen molar-refractivity contribution in [3.8, 4) is 11.5 Å². The Kier molecular flexibility index (Phi) is 4.29. The molecular weight excluding hydrogens is 422 g/mol. The fraction of sp³-hybridized carbons (Fsp3) is 0.240. The normalized spacial score (nSPS) is 23.4. The van der Waals surface area contributed by atoms with Gasteiger partial charge in [-0.1, -0.05) is 36.4 Å². The summed E-state index contributed by atoms with van der Waals surface area (Å²) in [6.45, 7) is 0.346. The van der Waals surface area contributed by atoms with Crippen LogP contribution in [0.3, 0.4) is 0 Å². The number of hydrogen-bond donors (Lipinski definition) is 0. The number of urea groups is 1. The maximum absolute atomic E-state index is 13.5. The Morgan fingerprint density at radius 1 is 0.939 bits per heavy atom. The van der Waals surface area contributed by atoms with Gasteiger partial charge in [0.25, 0.3) is 5.91 Å². The number of benzene rings is 3. The molecule has 0 spiro atoms. The number of methoxy groups -OCH3 is 1. The standard InChI is InChI=1S/C25H21N3O5/c1-32-17-9-11-18(12-10-17)33-25(31)26-14-16-13-21(26)22-23(29)28(24(30)27(16)22)20-8-4-6-15-5-2-3-7-19(15)20/h2-12,16,21-22H,13-14H2,1H3. The zero-order valence-corrected chi connectivity index (χ0v) is 17.9. The van der Waals surface area contributed by atoms with Gasteiger partial charge < -0.3 is 19.3 Å². The predicted octanol–water partition coefficient (Wildman–Crippen LogP) is 3.64. The van der Waals surface area contributed by atoms with Gasteiger partial charge in [0.2, 0.25) is 0 Å². The topological polar surface area (TPSA) is 79.4 Å². The van der Waals surface area contributed by atoms with E-state index in [4.69, 9.17) is 9.47 Å². The van der Waals surface area contributed by atoms with Crippen LogP contribution < -0.4 is 14.4 Å². The summed E-state index contributed by atoms with van der Waals surface area (Å²) < 4.78 is 10.7. The molecule has 0 saturated carbocycles. The maximum atomic E-state index is 13.5. The highest BCUT2D eigenvalue weighted by Gasteiger charge is 2.63. The monoisotopic (exact) mass is 443 g/mol. The summed E-state index contributed by atoms with van der Waals surface area (Å²) in [7, 11) is 1.56. The molecule has 3 aliphatic heterocycles. The van der Waals surface area contributed by atoms with Crippen molar-refractivity contribution in [3.63, 3.8) is 0 Å². The minimum atomic E-state index is -0.696. The fourth-order valence-corrected chi connectivity index (χ4v) is 5.30. The summed E-state index contributed by atoms with van der Waals surface area (Å²) in [5.74, 6) is 0.756. The summed E-state index contributed by atoms with van der Waals surface area (Å²) in [6, 6.07) is 18.3. The van der Waals surface area contributed by atoms with Gasteiger partial charge in [0, 0.05) is 11.9 Å². The Morgan fingerprint density at radius 3 is 2.45 bits per heavy atom. The van der Waals surface area contributed by atoms with Gasteiger partial charge in [-0.15, -0.1) is 0 Å². The van der Waals surface area contributed by atoms with E-state index in [0.717, 1.165) is 10.8 Å². The smallest absolute Gasteiger partial charge is 0.415 e. The van der Waals surface area contributed by atoms with Crippen LogP contribution in [0.25, 0.3) is 10.8 Å². The molecule has 6 rings (SSSR count). The van der Waals surface area contributed by atoms with Gasteiger partial charge in [0.1, 0.15) is 17.5 Å². The van der Waals surface area contributed by atoms with Crippen LogP contribution in [-0.2, 0) is 4.79 Å². The molecule has 2 bridgehead atoms. The Balaban J connectivity index is 1.27. The molecule has 4 amide bonds. The highest BCUT2D eigenvalue weighted by atomic mass is 16.6. The molecule has 3 unspecified atom stereocenters. The number of likely N-dealkylation sites (tertiary alicyclic amines) is 1. The number of imide groups is 1. The molecule has 8 heteroatoms. The number of hydrogen-bond acceptors (Lipinski definition) is 5. The number of carbonyl (C=O) groups is 3. The summed E-state index contributed by atoms with van der Waals surface area (Å²) in [6.07, 6.45) is 0.0552. The lowest BCUT2D eigenvalue weighted by atomic mass is 10.1. The molecule has 0 aromatic heterocycles. The lowest BCUT2D eigenvalue weighted by molar-refractivity contribution is -0.121. The SMILES string of the molecule is COc1ccc(OC(=O)N2CC3CC2C2C(=O)N(c4cccc5ccccc45)C(=O)N32)cc1. The number of fused-ring (bicyclic) bond motifs is 6. The summed E-state index contributed by atoms with van der Waals surface area (Å²) in [5.41, 5.74) is 0.573. The van der Waals surface area contributed by atoms with E-state index >= 15 is 0 Å². The second-order valence-electron chi connectivity index (χ2n) is 8.46. The van der Waals surface area contributed by atoms with E-state index in [9.17, 15) is 14.4 Å². The highest BCUT2D eigenvalue weighted by molar-refractivity contribution is 6.25. The van der Waals surface area contributed by atoms with Gasteiger partial charge >= 0.3 is 12.1 Å². The second-order valence-corrected chi connectivity index (χ2v) is 8.46. The third-order valence-corrected chi connectivity index (χ3v) is 6.77. The number of piperazine rings is 1. The minimum Gasteiger partial charge on any atom is -0.497 e. The van der Waals surface area contributed by atoms with E-state index in [2.05, 4.69) is 0 Å². The van der Waals surface area contributed by atoms with Crippen LogP contribution in [0, 0.1) is 0 Å². The molecule has 3 fully saturated rings. The molecule has 8 nitrogen and oxygen atoms in total. The van der Waals surface area contributed by atoms with Crippen molar-refractivity contribution in [2.24, 2.45) is 0 Å². The first-order valence-corrected chi connectivity index (χ1v) is 10.8. The highest BCUT2D eigenvalue weighted by Crippen LogP contribution is 2.43. The van der Waals surface area contributed by atoms with Crippen LogP contribution in [-0.4, -0.2) is 59.6 Å². The number of ether oxygens (including phenoxy) is 2. The molecule has 3 aromatic carbocycles. The average molecular weight is 443 g/mol. The summed E-state index contributed by atoms with van der Waals surface area (Å²) >= 11 is 0. The number of anilines is 1. The largest absolute Gasteiger partial charge is 0.497 e. The average Bonchev–Trinajstić information content (AvgIpc) is 3.51. The zero-order valence-electron chi connectivity index (χ0n) is 17.9. The van der Waals surface area contributed by atoms with Crippen LogP contribution in [0.15, 0.2) is 66.7 Å².